The molecule has 1 aromatic rings. The molecule has 8 heteroatoms. The summed E-state index contributed by atoms with van der Waals surface area (Å²) in [5, 5.41) is 17.0. The summed E-state index contributed by atoms with van der Waals surface area (Å²) in [6.45, 7) is 0. The van der Waals surface area contributed by atoms with E-state index < -0.39 is 17.8 Å². The summed E-state index contributed by atoms with van der Waals surface area (Å²) in [4.78, 5) is 3.54. The van der Waals surface area contributed by atoms with Crippen molar-refractivity contribution in [1.82, 2.24) is 4.98 Å². The van der Waals surface area contributed by atoms with Crippen molar-refractivity contribution in [3.05, 3.63) is 17.5 Å². The molecule has 0 saturated carbocycles. The molecule has 17 heavy (non-hydrogen) atoms. The van der Waals surface area contributed by atoms with Gasteiger partial charge in [-0.15, -0.1) is 13.2 Å². The van der Waals surface area contributed by atoms with Gasteiger partial charge in [-0.05, 0) is 6.07 Å². The van der Waals surface area contributed by atoms with Crippen LogP contribution in [0.4, 0.5) is 18.9 Å². The van der Waals surface area contributed by atoms with Gasteiger partial charge in [-0.2, -0.15) is 10.5 Å². The van der Waals surface area contributed by atoms with Crippen molar-refractivity contribution in [3.8, 4) is 17.9 Å². The molecule has 5 nitrogen and oxygen atoms in total. The number of ether oxygens (including phenoxy) is 1. The van der Waals surface area contributed by atoms with Crippen molar-refractivity contribution in [2.75, 3.05) is 5.73 Å². The molecule has 0 unspecified atom stereocenters. The van der Waals surface area contributed by atoms with Gasteiger partial charge >= 0.3 is 6.36 Å². The van der Waals surface area contributed by atoms with E-state index in [9.17, 15) is 13.2 Å². The molecule has 1 rings (SSSR count). The second kappa shape index (κ2) is 4.58. The summed E-state index contributed by atoms with van der Waals surface area (Å²) in [5.74, 6) is -0.846. The molecule has 1 aromatic heterocycles. The molecule has 0 aromatic carbocycles. The van der Waals surface area contributed by atoms with E-state index in [2.05, 4.69) is 9.72 Å². The van der Waals surface area contributed by atoms with Gasteiger partial charge in [0, 0.05) is 0 Å². The number of nitrogens with two attached hydrogens (primary N) is 1. The van der Waals surface area contributed by atoms with E-state index >= 15 is 0 Å². The Morgan fingerprint density at radius 2 is 2.06 bits per heavy atom. The zero-order valence-corrected chi connectivity index (χ0v) is 8.25. The smallest absolute Gasteiger partial charge is 0.400 e. The van der Waals surface area contributed by atoms with E-state index in [1.807, 2.05) is 0 Å². The first kappa shape index (κ1) is 12.6. The SMILES string of the molecule is N#CCc1cc(N)c(OC(F)(F)F)c(C#N)n1. The molecule has 0 radical (unpaired) electrons. The Morgan fingerprint density at radius 1 is 1.41 bits per heavy atom. The van der Waals surface area contributed by atoms with Crippen molar-refractivity contribution in [1.29, 1.82) is 10.5 Å². The predicted molar refractivity (Wildman–Crippen MR) is 49.4 cm³/mol. The van der Waals surface area contributed by atoms with Crippen LogP contribution in [0.2, 0.25) is 0 Å². The number of nitrogens with zero attached hydrogens (tertiary/aromatic N) is 3. The van der Waals surface area contributed by atoms with Gasteiger partial charge in [0.25, 0.3) is 0 Å². The van der Waals surface area contributed by atoms with E-state index in [1.54, 1.807) is 6.07 Å². The number of rotatable bonds is 2. The van der Waals surface area contributed by atoms with Crippen LogP contribution in [0.25, 0.3) is 0 Å². The summed E-state index contributed by atoms with van der Waals surface area (Å²) < 4.78 is 39.7. The minimum atomic E-state index is -4.96. The second-order valence-electron chi connectivity index (χ2n) is 2.88. The number of hydrogen-bond donors (Lipinski definition) is 1. The molecule has 0 amide bonds. The number of hydrogen-bond acceptors (Lipinski definition) is 5. The Kier molecular flexibility index (Phi) is 3.39. The Labute approximate surface area is 93.8 Å². The maximum atomic E-state index is 12.0. The lowest BCUT2D eigenvalue weighted by atomic mass is 10.2. The van der Waals surface area contributed by atoms with Crippen molar-refractivity contribution < 1.29 is 17.9 Å². The van der Waals surface area contributed by atoms with Crippen molar-refractivity contribution >= 4 is 5.69 Å². The van der Waals surface area contributed by atoms with Gasteiger partial charge < -0.3 is 10.5 Å². The number of nitriles is 2. The number of alkyl halides is 3. The van der Waals surface area contributed by atoms with Crippen molar-refractivity contribution in [2.45, 2.75) is 12.8 Å². The molecule has 0 spiro atoms. The van der Waals surface area contributed by atoms with Crippen LogP contribution < -0.4 is 10.5 Å². The molecule has 0 aliphatic heterocycles. The van der Waals surface area contributed by atoms with Gasteiger partial charge in [0.15, 0.2) is 11.4 Å². The lowest BCUT2D eigenvalue weighted by Crippen LogP contribution is -2.19. The van der Waals surface area contributed by atoms with Gasteiger partial charge in [-0.25, -0.2) is 4.98 Å². The van der Waals surface area contributed by atoms with Gasteiger partial charge in [0.05, 0.1) is 23.9 Å². The topological polar surface area (TPSA) is 95.7 Å². The highest BCUT2D eigenvalue weighted by molar-refractivity contribution is 5.59. The first-order chi connectivity index (χ1) is 7.87. The molecule has 0 fully saturated rings. The summed E-state index contributed by atoms with van der Waals surface area (Å²) >= 11 is 0. The molecule has 88 valence electrons. The zero-order chi connectivity index (χ0) is 13.1. The monoisotopic (exact) mass is 242 g/mol. The first-order valence-corrected chi connectivity index (χ1v) is 4.19. The summed E-state index contributed by atoms with van der Waals surface area (Å²) in [7, 11) is 0. The third-order valence-electron chi connectivity index (χ3n) is 1.64. The van der Waals surface area contributed by atoms with Crippen LogP contribution >= 0.6 is 0 Å². The Morgan fingerprint density at radius 3 is 2.53 bits per heavy atom. The molecule has 1 heterocycles. The van der Waals surface area contributed by atoms with Crippen LogP contribution in [-0.2, 0) is 6.42 Å². The first-order valence-electron chi connectivity index (χ1n) is 4.19. The molecule has 0 atom stereocenters. The Balaban J connectivity index is 3.24. The summed E-state index contributed by atoms with van der Waals surface area (Å²) in [6, 6.07) is 4.23. The third kappa shape index (κ3) is 3.24. The highest BCUT2D eigenvalue weighted by Gasteiger charge is 2.33. The standard InChI is InChI=1S/C9H5F3N4O/c10-9(11,12)17-8-6(15)3-5(1-2-13)16-7(8)4-14/h3H,1H2,(H2,15,16). The summed E-state index contributed by atoms with van der Waals surface area (Å²) in [5.41, 5.74) is 4.42. The molecule has 0 aliphatic carbocycles. The number of anilines is 1. The summed E-state index contributed by atoms with van der Waals surface area (Å²) in [6.07, 6.45) is -5.12. The lowest BCUT2D eigenvalue weighted by Gasteiger charge is -2.12. The molecule has 0 bridgehead atoms. The fourth-order valence-electron chi connectivity index (χ4n) is 1.08. The van der Waals surface area contributed by atoms with Crippen LogP contribution in [0.15, 0.2) is 6.07 Å². The van der Waals surface area contributed by atoms with Crippen LogP contribution in [0.5, 0.6) is 5.75 Å². The number of nitrogen functional groups attached to an aromatic ring is 1. The van der Waals surface area contributed by atoms with Crippen LogP contribution in [0.3, 0.4) is 0 Å². The number of pyridine rings is 1. The predicted octanol–water partition coefficient (Wildman–Crippen LogP) is 1.50. The average Bonchev–Trinajstić information content (AvgIpc) is 2.20. The van der Waals surface area contributed by atoms with E-state index in [0.29, 0.717) is 0 Å². The van der Waals surface area contributed by atoms with E-state index in [0.717, 1.165) is 6.07 Å². The normalized spacial score (nSPS) is 10.4. The lowest BCUT2D eigenvalue weighted by molar-refractivity contribution is -0.274. The van der Waals surface area contributed by atoms with E-state index in [4.69, 9.17) is 16.3 Å². The molecule has 2 N–H and O–H groups in total. The van der Waals surface area contributed by atoms with Crippen molar-refractivity contribution in [2.24, 2.45) is 0 Å². The molecule has 0 saturated heterocycles. The highest BCUT2D eigenvalue weighted by atomic mass is 19.4. The maximum absolute atomic E-state index is 12.0. The average molecular weight is 242 g/mol. The maximum Gasteiger partial charge on any atom is 0.573 e. The Hall–Kier alpha value is -2.48. The number of aromatic nitrogens is 1. The quantitative estimate of drug-likeness (QED) is 0.847. The van der Waals surface area contributed by atoms with Gasteiger partial charge in [0.2, 0.25) is 0 Å². The molecule has 0 aliphatic rings. The second-order valence-corrected chi connectivity index (χ2v) is 2.88. The van der Waals surface area contributed by atoms with Gasteiger partial charge in [0.1, 0.15) is 6.07 Å². The fourth-order valence-corrected chi connectivity index (χ4v) is 1.08. The number of halogens is 3. The minimum absolute atomic E-state index is 0.107. The Bertz CT molecular complexity index is 513. The van der Waals surface area contributed by atoms with Gasteiger partial charge in [-0.3, -0.25) is 0 Å². The van der Waals surface area contributed by atoms with Crippen LogP contribution in [-0.4, -0.2) is 11.3 Å². The third-order valence-corrected chi connectivity index (χ3v) is 1.64. The molecular formula is C9H5F3N4O. The van der Waals surface area contributed by atoms with Crippen LogP contribution in [0.1, 0.15) is 11.4 Å². The van der Waals surface area contributed by atoms with Gasteiger partial charge in [-0.1, -0.05) is 0 Å². The van der Waals surface area contributed by atoms with E-state index in [-0.39, 0.29) is 17.8 Å². The zero-order valence-electron chi connectivity index (χ0n) is 8.25. The minimum Gasteiger partial charge on any atom is -0.400 e. The highest BCUT2D eigenvalue weighted by Crippen LogP contribution is 2.31. The molecular weight excluding hydrogens is 237 g/mol. The van der Waals surface area contributed by atoms with Crippen molar-refractivity contribution in [3.63, 3.8) is 0 Å². The van der Waals surface area contributed by atoms with Crippen LogP contribution in [0, 0.1) is 22.7 Å². The van der Waals surface area contributed by atoms with E-state index in [1.165, 1.54) is 6.07 Å². The largest absolute Gasteiger partial charge is 0.573 e. The fraction of sp³-hybridized carbons (Fsp3) is 0.222.